The fraction of sp³-hybridized carbons (Fsp3) is 0.750. The van der Waals surface area contributed by atoms with Crippen molar-refractivity contribution in [1.82, 2.24) is 10.2 Å². The minimum absolute atomic E-state index is 0.00637. The van der Waals surface area contributed by atoms with E-state index in [1.807, 2.05) is 0 Å². The Balaban J connectivity index is 2.37. The zero-order valence-electron chi connectivity index (χ0n) is 11.4. The average Bonchev–Trinajstić information content (AvgIpc) is 2.70. The number of hydrogen-bond acceptors (Lipinski definition) is 5. The van der Waals surface area contributed by atoms with Crippen molar-refractivity contribution in [2.45, 2.75) is 51.7 Å². The first-order valence-corrected chi connectivity index (χ1v) is 7.97. The van der Waals surface area contributed by atoms with Crippen LogP contribution in [0.1, 0.15) is 45.5 Å². The summed E-state index contributed by atoms with van der Waals surface area (Å²) in [4.78, 5) is 11.7. The van der Waals surface area contributed by atoms with Crippen LogP contribution in [0.15, 0.2) is 0 Å². The molecule has 1 aromatic rings. The van der Waals surface area contributed by atoms with Gasteiger partial charge in [0.2, 0.25) is 11.0 Å². The lowest BCUT2D eigenvalue weighted by Crippen LogP contribution is -2.18. The van der Waals surface area contributed by atoms with E-state index in [1.54, 1.807) is 11.8 Å². The number of rotatable bonds is 6. The molecule has 0 aliphatic carbocycles. The number of anilines is 1. The minimum atomic E-state index is -0.00637. The molecule has 0 aliphatic heterocycles. The molecule has 18 heavy (non-hydrogen) atoms. The number of carbonyl (C=O) groups excluding carboxylic acids is 1. The molecule has 1 aromatic heterocycles. The van der Waals surface area contributed by atoms with Crippen LogP contribution in [0.5, 0.6) is 0 Å². The maximum absolute atomic E-state index is 11.7. The largest absolute Gasteiger partial charge is 0.300 e. The van der Waals surface area contributed by atoms with Crippen molar-refractivity contribution < 1.29 is 4.79 Å². The minimum Gasteiger partial charge on any atom is -0.300 e. The second-order valence-corrected chi connectivity index (χ2v) is 7.92. The Morgan fingerprint density at radius 3 is 2.72 bits per heavy atom. The highest BCUT2D eigenvalue weighted by Crippen LogP contribution is 2.23. The van der Waals surface area contributed by atoms with Crippen LogP contribution in [0.2, 0.25) is 0 Å². The molecule has 0 radical (unpaired) electrons. The van der Waals surface area contributed by atoms with E-state index in [9.17, 15) is 4.79 Å². The Hall–Kier alpha value is -0.620. The van der Waals surface area contributed by atoms with Crippen LogP contribution in [0.25, 0.3) is 0 Å². The van der Waals surface area contributed by atoms with Gasteiger partial charge in [0.05, 0.1) is 5.75 Å². The number of aromatic nitrogens is 2. The van der Waals surface area contributed by atoms with Crippen molar-refractivity contribution in [2.75, 3.05) is 11.1 Å². The van der Waals surface area contributed by atoms with E-state index >= 15 is 0 Å². The molecule has 1 heterocycles. The quantitative estimate of drug-likeness (QED) is 0.871. The molecule has 6 heteroatoms. The molecule has 0 unspecified atom stereocenters. The third kappa shape index (κ3) is 6.35. The molecule has 0 aliphatic rings. The number of thioether (sulfide) groups is 1. The number of hydrogen-bond donors (Lipinski definition) is 1. The molecule has 102 valence electrons. The molecule has 0 spiro atoms. The van der Waals surface area contributed by atoms with Crippen molar-refractivity contribution in [3.05, 3.63) is 5.01 Å². The molecular formula is C12H21N3OS2. The summed E-state index contributed by atoms with van der Waals surface area (Å²) >= 11 is 3.10. The molecule has 0 bridgehead atoms. The summed E-state index contributed by atoms with van der Waals surface area (Å²) in [5, 5.41) is 12.4. The van der Waals surface area contributed by atoms with Crippen LogP contribution in [0.4, 0.5) is 5.13 Å². The third-order valence-corrected chi connectivity index (χ3v) is 4.26. The lowest BCUT2D eigenvalue weighted by atomic mass is 10.3. The SMILES string of the molecule is CCCCc1nnc(NC(=O)CSC(C)(C)C)s1. The lowest BCUT2D eigenvalue weighted by Gasteiger charge is -2.16. The average molecular weight is 287 g/mol. The summed E-state index contributed by atoms with van der Waals surface area (Å²) < 4.78 is 0.102. The van der Waals surface area contributed by atoms with Gasteiger partial charge in [-0.2, -0.15) is 0 Å². The summed E-state index contributed by atoms with van der Waals surface area (Å²) in [5.41, 5.74) is 0. The molecule has 0 atom stereocenters. The number of amides is 1. The van der Waals surface area contributed by atoms with Gasteiger partial charge in [0.15, 0.2) is 0 Å². The van der Waals surface area contributed by atoms with Gasteiger partial charge in [-0.1, -0.05) is 45.5 Å². The summed E-state index contributed by atoms with van der Waals surface area (Å²) in [5.74, 6) is 0.445. The van der Waals surface area contributed by atoms with E-state index < -0.39 is 0 Å². The van der Waals surface area contributed by atoms with E-state index in [2.05, 4.69) is 43.2 Å². The second-order valence-electron chi connectivity index (χ2n) is 5.05. The molecular weight excluding hydrogens is 266 g/mol. The third-order valence-electron chi connectivity index (χ3n) is 2.09. The predicted octanol–water partition coefficient (Wildman–Crippen LogP) is 3.35. The van der Waals surface area contributed by atoms with Gasteiger partial charge in [0.25, 0.3) is 0 Å². The Kier molecular flexibility index (Phi) is 6.08. The van der Waals surface area contributed by atoms with Crippen LogP contribution in [-0.4, -0.2) is 26.6 Å². The number of nitrogens with one attached hydrogen (secondary N) is 1. The Labute approximate surface area is 117 Å². The van der Waals surface area contributed by atoms with Crippen molar-refractivity contribution in [2.24, 2.45) is 0 Å². The van der Waals surface area contributed by atoms with E-state index in [0.29, 0.717) is 10.9 Å². The van der Waals surface area contributed by atoms with E-state index in [4.69, 9.17) is 0 Å². The first kappa shape index (κ1) is 15.4. The topological polar surface area (TPSA) is 54.9 Å². The zero-order chi connectivity index (χ0) is 13.6. The highest BCUT2D eigenvalue weighted by atomic mass is 32.2. The molecule has 0 saturated carbocycles. The first-order chi connectivity index (χ1) is 8.40. The normalized spacial score (nSPS) is 11.6. The molecule has 0 fully saturated rings. The molecule has 1 rings (SSSR count). The zero-order valence-corrected chi connectivity index (χ0v) is 13.1. The van der Waals surface area contributed by atoms with Gasteiger partial charge in [-0.05, 0) is 6.42 Å². The number of carbonyl (C=O) groups is 1. The van der Waals surface area contributed by atoms with E-state index in [-0.39, 0.29) is 10.7 Å². The highest BCUT2D eigenvalue weighted by molar-refractivity contribution is 8.01. The lowest BCUT2D eigenvalue weighted by molar-refractivity contribution is -0.113. The van der Waals surface area contributed by atoms with Crippen LogP contribution in [0, 0.1) is 0 Å². The van der Waals surface area contributed by atoms with Gasteiger partial charge in [0.1, 0.15) is 5.01 Å². The van der Waals surface area contributed by atoms with Crippen LogP contribution < -0.4 is 5.32 Å². The number of nitrogens with zero attached hydrogens (tertiary/aromatic N) is 2. The maximum atomic E-state index is 11.7. The predicted molar refractivity (Wildman–Crippen MR) is 79.4 cm³/mol. The van der Waals surface area contributed by atoms with Crippen molar-refractivity contribution >= 4 is 34.1 Å². The fourth-order valence-corrected chi connectivity index (χ4v) is 2.60. The summed E-state index contributed by atoms with van der Waals surface area (Å²) in [6.45, 7) is 8.43. The molecule has 0 aromatic carbocycles. The second kappa shape index (κ2) is 7.09. The molecule has 1 N–H and O–H groups in total. The molecule has 0 saturated heterocycles. The van der Waals surface area contributed by atoms with Crippen LogP contribution in [0.3, 0.4) is 0 Å². The van der Waals surface area contributed by atoms with Gasteiger partial charge in [0, 0.05) is 11.2 Å². The Bertz CT molecular complexity index is 385. The standard InChI is InChI=1S/C12H21N3OS2/c1-5-6-7-10-14-15-11(18-10)13-9(16)8-17-12(2,3)4/h5-8H2,1-4H3,(H,13,15,16). The fourth-order valence-electron chi connectivity index (χ4n) is 1.17. The van der Waals surface area contributed by atoms with E-state index in [0.717, 1.165) is 24.3 Å². The van der Waals surface area contributed by atoms with Gasteiger partial charge >= 0.3 is 0 Å². The van der Waals surface area contributed by atoms with Gasteiger partial charge in [-0.25, -0.2) is 0 Å². The van der Waals surface area contributed by atoms with Gasteiger partial charge in [-0.3, -0.25) is 10.1 Å². The Morgan fingerprint density at radius 2 is 2.11 bits per heavy atom. The molecule has 4 nitrogen and oxygen atoms in total. The van der Waals surface area contributed by atoms with E-state index in [1.165, 1.54) is 11.3 Å². The first-order valence-electron chi connectivity index (χ1n) is 6.17. The summed E-state index contributed by atoms with van der Waals surface area (Å²) in [7, 11) is 0. The number of unbranched alkanes of at least 4 members (excludes halogenated alkanes) is 1. The van der Waals surface area contributed by atoms with Gasteiger partial charge in [-0.15, -0.1) is 22.0 Å². The number of aryl methyl sites for hydroxylation is 1. The monoisotopic (exact) mass is 287 g/mol. The highest BCUT2D eigenvalue weighted by Gasteiger charge is 2.14. The maximum Gasteiger partial charge on any atom is 0.236 e. The molecule has 1 amide bonds. The van der Waals surface area contributed by atoms with Crippen molar-refractivity contribution in [1.29, 1.82) is 0 Å². The van der Waals surface area contributed by atoms with Crippen molar-refractivity contribution in [3.8, 4) is 0 Å². The van der Waals surface area contributed by atoms with Crippen LogP contribution >= 0.6 is 23.1 Å². The smallest absolute Gasteiger partial charge is 0.236 e. The summed E-state index contributed by atoms with van der Waals surface area (Å²) in [6.07, 6.45) is 3.20. The van der Waals surface area contributed by atoms with Crippen molar-refractivity contribution in [3.63, 3.8) is 0 Å². The summed E-state index contributed by atoms with van der Waals surface area (Å²) in [6, 6.07) is 0. The van der Waals surface area contributed by atoms with Crippen LogP contribution in [-0.2, 0) is 11.2 Å². The Morgan fingerprint density at radius 1 is 1.39 bits per heavy atom. The van der Waals surface area contributed by atoms with Gasteiger partial charge < -0.3 is 0 Å².